The van der Waals surface area contributed by atoms with Crippen molar-refractivity contribution < 1.29 is 0 Å². The van der Waals surface area contributed by atoms with Crippen LogP contribution in [0, 0.1) is 5.92 Å². The van der Waals surface area contributed by atoms with Gasteiger partial charge in [0.25, 0.3) is 0 Å². The van der Waals surface area contributed by atoms with Gasteiger partial charge in [-0.2, -0.15) is 0 Å². The molecule has 3 rings (SSSR count). The van der Waals surface area contributed by atoms with Crippen molar-refractivity contribution in [2.45, 2.75) is 31.7 Å². The van der Waals surface area contributed by atoms with E-state index < -0.39 is 0 Å². The van der Waals surface area contributed by atoms with Crippen LogP contribution in [0.3, 0.4) is 0 Å². The Labute approximate surface area is 97.4 Å². The Bertz CT molecular complexity index is 382. The Hall–Kier alpha value is -1.02. The molecule has 1 heterocycles. The minimum absolute atomic E-state index is 0.469. The fourth-order valence-electron chi connectivity index (χ4n) is 2.41. The van der Waals surface area contributed by atoms with Crippen LogP contribution in [0.15, 0.2) is 24.3 Å². The lowest BCUT2D eigenvalue weighted by atomic mass is 9.94. The van der Waals surface area contributed by atoms with Gasteiger partial charge in [0.2, 0.25) is 0 Å². The van der Waals surface area contributed by atoms with Crippen LogP contribution >= 0.6 is 0 Å². The highest BCUT2D eigenvalue weighted by molar-refractivity contribution is 5.53. The zero-order valence-corrected chi connectivity index (χ0v) is 9.92. The lowest BCUT2D eigenvalue weighted by Gasteiger charge is -2.27. The van der Waals surface area contributed by atoms with Gasteiger partial charge in [-0.3, -0.25) is 0 Å². The molecule has 1 aliphatic heterocycles. The van der Waals surface area contributed by atoms with Crippen LogP contribution < -0.4 is 10.6 Å². The predicted octanol–water partition coefficient (Wildman–Crippen LogP) is 2.41. The maximum atomic E-state index is 3.69. The molecule has 86 valence electrons. The van der Waals surface area contributed by atoms with Gasteiger partial charge in [-0.25, -0.2) is 0 Å². The number of rotatable bonds is 3. The molecule has 0 bridgehead atoms. The molecule has 2 nitrogen and oxygen atoms in total. The molecule has 2 aliphatic rings. The van der Waals surface area contributed by atoms with Crippen LogP contribution in [0.25, 0.3) is 0 Å². The van der Waals surface area contributed by atoms with E-state index in [0.29, 0.717) is 5.54 Å². The Morgan fingerprint density at radius 1 is 1.38 bits per heavy atom. The fourth-order valence-corrected chi connectivity index (χ4v) is 2.41. The Morgan fingerprint density at radius 2 is 2.19 bits per heavy atom. The summed E-state index contributed by atoms with van der Waals surface area (Å²) in [5.41, 5.74) is 3.27. The van der Waals surface area contributed by atoms with Gasteiger partial charge in [-0.15, -0.1) is 0 Å². The largest absolute Gasteiger partial charge is 0.384 e. The third-order valence-electron chi connectivity index (χ3n) is 3.92. The molecule has 1 aromatic rings. The molecule has 2 heteroatoms. The van der Waals surface area contributed by atoms with E-state index in [1.54, 1.807) is 0 Å². The van der Waals surface area contributed by atoms with Crippen LogP contribution in [0.1, 0.15) is 25.3 Å². The van der Waals surface area contributed by atoms with Crippen molar-refractivity contribution in [2.24, 2.45) is 5.92 Å². The summed E-state index contributed by atoms with van der Waals surface area (Å²) in [6.07, 6.45) is 3.92. The van der Waals surface area contributed by atoms with E-state index in [1.165, 1.54) is 30.5 Å². The van der Waals surface area contributed by atoms with E-state index in [2.05, 4.69) is 41.8 Å². The maximum Gasteiger partial charge on any atom is 0.0372 e. The van der Waals surface area contributed by atoms with Crippen molar-refractivity contribution in [3.05, 3.63) is 29.8 Å². The van der Waals surface area contributed by atoms with Gasteiger partial charge < -0.3 is 10.6 Å². The first-order chi connectivity index (χ1) is 7.75. The second-order valence-electron chi connectivity index (χ2n) is 5.55. The molecule has 0 saturated heterocycles. The monoisotopic (exact) mass is 216 g/mol. The van der Waals surface area contributed by atoms with Crippen molar-refractivity contribution in [3.8, 4) is 0 Å². The molecule has 0 aromatic heterocycles. The number of anilines is 1. The molecular formula is C14H20N2. The van der Waals surface area contributed by atoms with Crippen LogP contribution in [-0.2, 0) is 6.42 Å². The zero-order chi connectivity index (χ0) is 11.0. The topological polar surface area (TPSA) is 24.1 Å². The first-order valence-corrected chi connectivity index (χ1v) is 6.32. The molecule has 0 radical (unpaired) electrons. The highest BCUT2D eigenvalue weighted by atomic mass is 15.0. The van der Waals surface area contributed by atoms with Crippen LogP contribution in [0.5, 0.6) is 0 Å². The molecule has 1 saturated carbocycles. The standard InChI is InChI=1S/C14H20N2/c1-14(6-7-14)16-10-11-8-12-4-2-3-5-13(12)15-9-11/h2-5,11,15-16H,6-10H2,1H3. The SMILES string of the molecule is CC1(NCC2CNc3ccccc3C2)CC1. The first kappa shape index (κ1) is 10.2. The van der Waals surface area contributed by atoms with E-state index in [0.717, 1.165) is 19.0 Å². The van der Waals surface area contributed by atoms with Gasteiger partial charge in [0, 0.05) is 24.3 Å². The Morgan fingerprint density at radius 3 is 3.00 bits per heavy atom. The van der Waals surface area contributed by atoms with Gasteiger partial charge in [-0.05, 0) is 43.7 Å². The highest BCUT2D eigenvalue weighted by Crippen LogP contribution is 2.34. The van der Waals surface area contributed by atoms with E-state index in [-0.39, 0.29) is 0 Å². The molecular weight excluding hydrogens is 196 g/mol. The quantitative estimate of drug-likeness (QED) is 0.811. The smallest absolute Gasteiger partial charge is 0.0372 e. The Balaban J connectivity index is 1.60. The zero-order valence-electron chi connectivity index (χ0n) is 9.92. The van der Waals surface area contributed by atoms with Crippen LogP contribution in [0.4, 0.5) is 5.69 Å². The fraction of sp³-hybridized carbons (Fsp3) is 0.571. The number of benzene rings is 1. The van der Waals surface area contributed by atoms with Crippen molar-refractivity contribution >= 4 is 5.69 Å². The Kier molecular flexibility index (Phi) is 2.40. The van der Waals surface area contributed by atoms with Crippen molar-refractivity contribution in [1.82, 2.24) is 5.32 Å². The average molecular weight is 216 g/mol. The average Bonchev–Trinajstić information content (AvgIpc) is 3.05. The summed E-state index contributed by atoms with van der Waals surface area (Å²) in [6.45, 7) is 4.59. The van der Waals surface area contributed by atoms with E-state index >= 15 is 0 Å². The number of para-hydroxylation sites is 1. The lowest BCUT2D eigenvalue weighted by Crippen LogP contribution is -2.37. The van der Waals surface area contributed by atoms with Gasteiger partial charge >= 0.3 is 0 Å². The molecule has 16 heavy (non-hydrogen) atoms. The molecule has 0 amide bonds. The van der Waals surface area contributed by atoms with Crippen molar-refractivity contribution in [1.29, 1.82) is 0 Å². The summed E-state index contributed by atoms with van der Waals surface area (Å²) in [5.74, 6) is 0.743. The predicted molar refractivity (Wildman–Crippen MR) is 67.8 cm³/mol. The third kappa shape index (κ3) is 2.07. The molecule has 0 spiro atoms. The van der Waals surface area contributed by atoms with Gasteiger partial charge in [0.05, 0.1) is 0 Å². The summed E-state index contributed by atoms with van der Waals surface area (Å²) in [6, 6.07) is 8.67. The first-order valence-electron chi connectivity index (χ1n) is 6.32. The summed E-state index contributed by atoms with van der Waals surface area (Å²) in [4.78, 5) is 0. The highest BCUT2D eigenvalue weighted by Gasteiger charge is 2.37. The van der Waals surface area contributed by atoms with E-state index in [4.69, 9.17) is 0 Å². The molecule has 1 fully saturated rings. The number of fused-ring (bicyclic) bond motifs is 1. The summed E-state index contributed by atoms with van der Waals surface area (Å²) < 4.78 is 0. The minimum atomic E-state index is 0.469. The lowest BCUT2D eigenvalue weighted by molar-refractivity contribution is 0.433. The van der Waals surface area contributed by atoms with Gasteiger partial charge in [-0.1, -0.05) is 18.2 Å². The number of hydrogen-bond acceptors (Lipinski definition) is 2. The van der Waals surface area contributed by atoms with Gasteiger partial charge in [0.15, 0.2) is 0 Å². The summed E-state index contributed by atoms with van der Waals surface area (Å²) in [7, 11) is 0. The van der Waals surface area contributed by atoms with Gasteiger partial charge in [0.1, 0.15) is 0 Å². The van der Waals surface area contributed by atoms with Crippen molar-refractivity contribution in [3.63, 3.8) is 0 Å². The number of hydrogen-bond donors (Lipinski definition) is 2. The molecule has 1 unspecified atom stereocenters. The van der Waals surface area contributed by atoms with E-state index in [9.17, 15) is 0 Å². The molecule has 2 N–H and O–H groups in total. The second-order valence-corrected chi connectivity index (χ2v) is 5.55. The molecule has 1 atom stereocenters. The van der Waals surface area contributed by atoms with Crippen molar-refractivity contribution in [2.75, 3.05) is 18.4 Å². The number of nitrogens with one attached hydrogen (secondary N) is 2. The second kappa shape index (κ2) is 3.77. The summed E-state index contributed by atoms with van der Waals surface area (Å²) >= 11 is 0. The summed E-state index contributed by atoms with van der Waals surface area (Å²) in [5, 5.41) is 7.22. The van der Waals surface area contributed by atoms with E-state index in [1.807, 2.05) is 0 Å². The molecule has 1 aromatic carbocycles. The van der Waals surface area contributed by atoms with Crippen LogP contribution in [0.2, 0.25) is 0 Å². The minimum Gasteiger partial charge on any atom is -0.384 e. The normalized spacial score (nSPS) is 25.7. The molecule has 1 aliphatic carbocycles. The third-order valence-corrected chi connectivity index (χ3v) is 3.92. The van der Waals surface area contributed by atoms with Crippen LogP contribution in [-0.4, -0.2) is 18.6 Å². The maximum absolute atomic E-state index is 3.69.